The van der Waals surface area contributed by atoms with Gasteiger partial charge >= 0.3 is 5.97 Å². The van der Waals surface area contributed by atoms with Crippen molar-refractivity contribution in [1.29, 1.82) is 0 Å². The fraction of sp³-hybridized carbons (Fsp3) is 0.450. The van der Waals surface area contributed by atoms with Crippen molar-refractivity contribution in [3.05, 3.63) is 34.9 Å². The lowest BCUT2D eigenvalue weighted by Gasteiger charge is -2.33. The molecule has 2 saturated heterocycles. The molecule has 8 heteroatoms. The van der Waals surface area contributed by atoms with E-state index in [9.17, 15) is 14.4 Å². The quantitative estimate of drug-likeness (QED) is 0.762. The molecule has 3 rings (SSSR count). The first-order valence-corrected chi connectivity index (χ1v) is 9.09. The van der Waals surface area contributed by atoms with Crippen molar-refractivity contribution in [3.8, 4) is 5.75 Å². The predicted octanol–water partition coefficient (Wildman–Crippen LogP) is 2.03. The first-order valence-electron chi connectivity index (χ1n) is 9.09. The van der Waals surface area contributed by atoms with Crippen LogP contribution in [-0.2, 0) is 14.4 Å². The number of carboxylic acid groups (broad SMARTS) is 1. The molecule has 0 amide bonds. The van der Waals surface area contributed by atoms with Gasteiger partial charge in [-0.3, -0.25) is 4.79 Å². The molecule has 148 valence electrons. The van der Waals surface area contributed by atoms with Gasteiger partial charge in [0, 0.05) is 36.3 Å². The van der Waals surface area contributed by atoms with Gasteiger partial charge in [0.25, 0.3) is 0 Å². The largest absolute Gasteiger partial charge is 0.496 e. The maximum absolute atomic E-state index is 15.1. The number of allylic oxidation sites excluding steroid dienone is 2. The highest BCUT2D eigenvalue weighted by atomic mass is 19.1. The lowest BCUT2D eigenvalue weighted by molar-refractivity contribution is -0.142. The minimum atomic E-state index is -0.805. The van der Waals surface area contributed by atoms with E-state index in [-0.39, 0.29) is 22.9 Å². The maximum atomic E-state index is 15.1. The van der Waals surface area contributed by atoms with Crippen LogP contribution in [0.4, 0.5) is 10.1 Å². The molecular weight excluding hydrogens is 367 g/mol. The van der Waals surface area contributed by atoms with Crippen LogP contribution in [0.15, 0.2) is 23.5 Å². The lowest BCUT2D eigenvalue weighted by Crippen LogP contribution is -2.36. The average Bonchev–Trinajstić information content (AvgIpc) is 2.72. The van der Waals surface area contributed by atoms with Crippen LogP contribution in [0, 0.1) is 11.7 Å². The van der Waals surface area contributed by atoms with Gasteiger partial charge in [-0.05, 0) is 31.7 Å². The molecule has 28 heavy (non-hydrogen) atoms. The van der Waals surface area contributed by atoms with Gasteiger partial charge in [0.05, 0.1) is 13.0 Å². The molecule has 2 aliphatic rings. The molecule has 2 N–H and O–H groups in total. The third kappa shape index (κ3) is 3.79. The second-order valence-electron chi connectivity index (χ2n) is 6.96. The van der Waals surface area contributed by atoms with Gasteiger partial charge in [-0.15, -0.1) is 0 Å². The molecule has 1 aromatic rings. The molecule has 2 fully saturated rings. The van der Waals surface area contributed by atoms with Crippen molar-refractivity contribution in [3.63, 3.8) is 0 Å². The van der Waals surface area contributed by atoms with Gasteiger partial charge in [-0.25, -0.2) is 14.0 Å². The molecule has 0 aliphatic carbocycles. The minimum Gasteiger partial charge on any atom is -0.496 e. The highest BCUT2D eigenvalue weighted by Crippen LogP contribution is 2.41. The van der Waals surface area contributed by atoms with Crippen molar-refractivity contribution in [1.82, 2.24) is 5.32 Å². The zero-order chi connectivity index (χ0) is 20.3. The Bertz CT molecular complexity index is 879. The average molecular weight is 388 g/mol. The Kier molecular flexibility index (Phi) is 5.83. The predicted molar refractivity (Wildman–Crippen MR) is 99.0 cm³/mol. The van der Waals surface area contributed by atoms with E-state index in [0.717, 1.165) is 0 Å². The molecule has 2 heterocycles. The fourth-order valence-electron chi connectivity index (χ4n) is 3.86. The number of nitrogens with zero attached hydrogens (tertiary/aromatic N) is 1. The van der Waals surface area contributed by atoms with Crippen LogP contribution in [0.25, 0.3) is 0 Å². The van der Waals surface area contributed by atoms with E-state index in [1.165, 1.54) is 13.2 Å². The van der Waals surface area contributed by atoms with Gasteiger partial charge in [-0.1, -0.05) is 0 Å². The van der Waals surface area contributed by atoms with Gasteiger partial charge in [0.15, 0.2) is 0 Å². The standard InChI is InChI=1S/C20H21FN2O5/c1-28-18-9-14(23-6-4-12(5-7-23)20(26)27)8-16(21)19(18)15-3-2-13(10-24)22-17(15)11-25/h8-9,12,15,22H,2-7H2,1H3,(H,26,27). The molecule has 0 bridgehead atoms. The highest BCUT2D eigenvalue weighted by Gasteiger charge is 2.31. The zero-order valence-electron chi connectivity index (χ0n) is 15.5. The maximum Gasteiger partial charge on any atom is 0.306 e. The zero-order valence-corrected chi connectivity index (χ0v) is 15.5. The Morgan fingerprint density at radius 1 is 1.25 bits per heavy atom. The first-order chi connectivity index (χ1) is 13.5. The van der Waals surface area contributed by atoms with Crippen molar-refractivity contribution in [2.45, 2.75) is 31.6 Å². The number of nitrogens with one attached hydrogen (secondary N) is 1. The summed E-state index contributed by atoms with van der Waals surface area (Å²) in [7, 11) is 1.43. The molecular formula is C20H21FN2O5. The summed E-state index contributed by atoms with van der Waals surface area (Å²) >= 11 is 0. The fourth-order valence-corrected chi connectivity index (χ4v) is 3.86. The summed E-state index contributed by atoms with van der Waals surface area (Å²) in [4.78, 5) is 35.2. The number of carbonyl (C=O) groups excluding carboxylic acids is 2. The normalized spacial score (nSPS) is 20.2. The number of methoxy groups -OCH3 is 1. The number of anilines is 1. The van der Waals surface area contributed by atoms with Gasteiger partial charge in [0.2, 0.25) is 0 Å². The van der Waals surface area contributed by atoms with Gasteiger partial charge < -0.3 is 20.1 Å². The molecule has 1 unspecified atom stereocenters. The Labute approximate surface area is 161 Å². The van der Waals surface area contributed by atoms with E-state index in [0.29, 0.717) is 50.2 Å². The minimum absolute atomic E-state index is 0.0804. The number of aliphatic carboxylic acids is 1. The first kappa shape index (κ1) is 19.7. The number of rotatable bonds is 4. The third-order valence-corrected chi connectivity index (χ3v) is 5.40. The van der Waals surface area contributed by atoms with E-state index in [1.54, 1.807) is 17.9 Å². The molecule has 2 aliphatic heterocycles. The monoisotopic (exact) mass is 388 g/mol. The summed E-state index contributed by atoms with van der Waals surface area (Å²) in [6.07, 6.45) is 1.68. The molecule has 0 saturated carbocycles. The van der Waals surface area contributed by atoms with E-state index in [4.69, 9.17) is 9.84 Å². The lowest BCUT2D eigenvalue weighted by atomic mass is 9.86. The Hall–Kier alpha value is -3.08. The summed E-state index contributed by atoms with van der Waals surface area (Å²) in [5.41, 5.74) is 1.17. The highest BCUT2D eigenvalue weighted by molar-refractivity contribution is 5.70. The summed E-state index contributed by atoms with van der Waals surface area (Å²) in [5, 5.41) is 11.8. The van der Waals surface area contributed by atoms with E-state index in [1.807, 2.05) is 4.90 Å². The number of piperidine rings is 2. The number of hydrogen-bond donors (Lipinski definition) is 2. The summed E-state index contributed by atoms with van der Waals surface area (Å²) < 4.78 is 20.5. The number of halogens is 1. The van der Waals surface area contributed by atoms with Crippen molar-refractivity contribution in [2.75, 3.05) is 25.1 Å². The van der Waals surface area contributed by atoms with E-state index < -0.39 is 17.7 Å². The van der Waals surface area contributed by atoms with Crippen LogP contribution in [-0.4, -0.2) is 43.2 Å². The number of ether oxygens (including phenoxy) is 1. The molecule has 7 nitrogen and oxygen atoms in total. The van der Waals surface area contributed by atoms with E-state index in [2.05, 4.69) is 5.32 Å². The Morgan fingerprint density at radius 2 is 1.96 bits per heavy atom. The van der Waals surface area contributed by atoms with Crippen LogP contribution in [0.3, 0.4) is 0 Å². The summed E-state index contributed by atoms with van der Waals surface area (Å²) in [6, 6.07) is 3.08. The number of benzene rings is 1. The summed E-state index contributed by atoms with van der Waals surface area (Å²) in [5.74, 6) is 1.48. The second-order valence-corrected chi connectivity index (χ2v) is 6.96. The number of hydrogen-bond acceptors (Lipinski definition) is 6. The van der Waals surface area contributed by atoms with Crippen LogP contribution < -0.4 is 15.0 Å². The van der Waals surface area contributed by atoms with Gasteiger partial charge in [-0.2, -0.15) is 0 Å². The molecule has 0 spiro atoms. The number of carbonyl (C=O) groups is 1. The van der Waals surface area contributed by atoms with Crippen LogP contribution in [0.2, 0.25) is 0 Å². The Morgan fingerprint density at radius 3 is 2.54 bits per heavy atom. The van der Waals surface area contributed by atoms with Crippen LogP contribution >= 0.6 is 0 Å². The molecule has 1 atom stereocenters. The topological polar surface area (TPSA) is 95.9 Å². The van der Waals surface area contributed by atoms with Crippen molar-refractivity contribution >= 4 is 23.5 Å². The molecule has 0 aromatic heterocycles. The second kappa shape index (κ2) is 8.30. The smallest absolute Gasteiger partial charge is 0.306 e. The van der Waals surface area contributed by atoms with Crippen molar-refractivity contribution < 1.29 is 28.6 Å². The molecule has 0 radical (unpaired) electrons. The van der Waals surface area contributed by atoms with Crippen LogP contribution in [0.1, 0.15) is 37.2 Å². The van der Waals surface area contributed by atoms with E-state index >= 15 is 4.39 Å². The van der Waals surface area contributed by atoms with Crippen LogP contribution in [0.5, 0.6) is 5.75 Å². The van der Waals surface area contributed by atoms with Crippen molar-refractivity contribution in [2.24, 2.45) is 5.92 Å². The third-order valence-electron chi connectivity index (χ3n) is 5.40. The van der Waals surface area contributed by atoms with Gasteiger partial charge in [0.1, 0.15) is 34.8 Å². The summed E-state index contributed by atoms with van der Waals surface area (Å²) in [6.45, 7) is 1.02. The molecule has 1 aromatic carbocycles. The number of carboxylic acids is 1. The Balaban J connectivity index is 1.90. The SMILES string of the molecule is COc1cc(N2CCC(C(=O)O)CC2)cc(F)c1C1CCC(=C=O)NC1=C=O.